The van der Waals surface area contributed by atoms with Crippen molar-refractivity contribution in [3.05, 3.63) is 33.1 Å². The first-order valence-corrected chi connectivity index (χ1v) is 7.78. The first kappa shape index (κ1) is 12.9. The molecule has 0 aromatic carbocycles. The maximum Gasteiger partial charge on any atom is 0.162 e. The zero-order valence-electron chi connectivity index (χ0n) is 9.88. The van der Waals surface area contributed by atoms with Gasteiger partial charge in [0.1, 0.15) is 22.7 Å². The Morgan fingerprint density at radius 3 is 3.21 bits per heavy atom. The van der Waals surface area contributed by atoms with Gasteiger partial charge in [-0.2, -0.15) is 9.64 Å². The molecule has 19 heavy (non-hydrogen) atoms. The molecule has 1 saturated heterocycles. The van der Waals surface area contributed by atoms with E-state index in [9.17, 15) is 0 Å². The van der Waals surface area contributed by atoms with E-state index >= 15 is 0 Å². The third-order valence-corrected chi connectivity index (χ3v) is 5.21. The number of halogens is 1. The van der Waals surface area contributed by atoms with Crippen LogP contribution < -0.4 is 4.90 Å². The number of anilines is 1. The van der Waals surface area contributed by atoms with Gasteiger partial charge in [0, 0.05) is 11.4 Å². The first-order chi connectivity index (χ1) is 9.29. The van der Waals surface area contributed by atoms with E-state index in [-0.39, 0.29) is 6.10 Å². The van der Waals surface area contributed by atoms with Gasteiger partial charge in [0.25, 0.3) is 0 Å². The monoisotopic (exact) mass is 311 g/mol. The second-order valence-electron chi connectivity index (χ2n) is 4.09. The molecule has 0 aliphatic carbocycles. The molecule has 0 bridgehead atoms. The van der Waals surface area contributed by atoms with Gasteiger partial charge in [-0.15, -0.1) is 11.3 Å². The Kier molecular flexibility index (Phi) is 3.71. The standard InChI is InChI=1S/C12H10ClN3OS2/c13-11-8(6-14)12(19-15-11)16-3-4-17-9(7-16)10-2-1-5-18-10/h1-2,5,9H,3-4,7H2. The Labute approximate surface area is 124 Å². The molecule has 1 unspecified atom stereocenters. The van der Waals surface area contributed by atoms with Crippen LogP contribution in [0.3, 0.4) is 0 Å². The van der Waals surface area contributed by atoms with Crippen molar-refractivity contribution in [2.75, 3.05) is 24.6 Å². The number of morpholine rings is 1. The third kappa shape index (κ3) is 2.47. The van der Waals surface area contributed by atoms with Gasteiger partial charge in [0.2, 0.25) is 0 Å². The van der Waals surface area contributed by atoms with Gasteiger partial charge >= 0.3 is 0 Å². The van der Waals surface area contributed by atoms with Crippen molar-refractivity contribution >= 4 is 39.5 Å². The molecule has 3 rings (SSSR count). The van der Waals surface area contributed by atoms with Crippen LogP contribution in [0.15, 0.2) is 17.5 Å². The summed E-state index contributed by atoms with van der Waals surface area (Å²) in [4.78, 5) is 3.34. The summed E-state index contributed by atoms with van der Waals surface area (Å²) in [6.45, 7) is 2.13. The number of aromatic nitrogens is 1. The molecular weight excluding hydrogens is 302 g/mol. The summed E-state index contributed by atoms with van der Waals surface area (Å²) in [6, 6.07) is 6.22. The van der Waals surface area contributed by atoms with Crippen LogP contribution in [-0.4, -0.2) is 24.1 Å². The van der Waals surface area contributed by atoms with Gasteiger partial charge in [-0.3, -0.25) is 0 Å². The maximum absolute atomic E-state index is 9.15. The van der Waals surface area contributed by atoms with Crippen molar-refractivity contribution < 1.29 is 4.74 Å². The Morgan fingerprint density at radius 2 is 2.47 bits per heavy atom. The van der Waals surface area contributed by atoms with Crippen LogP contribution in [-0.2, 0) is 4.74 Å². The van der Waals surface area contributed by atoms with Crippen LogP contribution in [0.5, 0.6) is 0 Å². The fourth-order valence-corrected chi connectivity index (χ4v) is 3.88. The zero-order chi connectivity index (χ0) is 13.2. The minimum atomic E-state index is 0.0566. The molecule has 1 atom stereocenters. The molecular formula is C12H10ClN3OS2. The lowest BCUT2D eigenvalue weighted by Crippen LogP contribution is -2.38. The molecule has 98 valence electrons. The van der Waals surface area contributed by atoms with Gasteiger partial charge in [0.15, 0.2) is 5.15 Å². The summed E-state index contributed by atoms with van der Waals surface area (Å²) >= 11 is 8.88. The molecule has 3 heterocycles. The van der Waals surface area contributed by atoms with Crippen LogP contribution in [0.4, 0.5) is 5.00 Å². The first-order valence-electron chi connectivity index (χ1n) is 5.75. The molecule has 7 heteroatoms. The minimum Gasteiger partial charge on any atom is -0.369 e. The van der Waals surface area contributed by atoms with E-state index in [4.69, 9.17) is 21.6 Å². The van der Waals surface area contributed by atoms with E-state index < -0.39 is 0 Å². The van der Waals surface area contributed by atoms with Crippen LogP contribution >= 0.6 is 34.5 Å². The lowest BCUT2D eigenvalue weighted by molar-refractivity contribution is 0.0423. The largest absolute Gasteiger partial charge is 0.369 e. The van der Waals surface area contributed by atoms with Crippen LogP contribution in [0.1, 0.15) is 16.5 Å². The topological polar surface area (TPSA) is 49.2 Å². The number of nitriles is 1. The summed E-state index contributed by atoms with van der Waals surface area (Å²) in [5, 5.41) is 12.3. The van der Waals surface area contributed by atoms with Gasteiger partial charge in [-0.05, 0) is 23.0 Å². The van der Waals surface area contributed by atoms with E-state index in [1.807, 2.05) is 11.4 Å². The lowest BCUT2D eigenvalue weighted by Gasteiger charge is -2.33. The van der Waals surface area contributed by atoms with Crippen molar-refractivity contribution in [2.45, 2.75) is 6.10 Å². The molecule has 0 spiro atoms. The SMILES string of the molecule is N#Cc1c(Cl)nsc1N1CCOC(c2cccs2)C1. The molecule has 2 aromatic rings. The third-order valence-electron chi connectivity index (χ3n) is 2.96. The highest BCUT2D eigenvalue weighted by Gasteiger charge is 2.26. The zero-order valence-corrected chi connectivity index (χ0v) is 12.3. The van der Waals surface area contributed by atoms with Crippen molar-refractivity contribution in [1.29, 1.82) is 5.26 Å². The van der Waals surface area contributed by atoms with E-state index in [2.05, 4.69) is 21.4 Å². The van der Waals surface area contributed by atoms with Crippen LogP contribution in [0, 0.1) is 11.3 Å². The maximum atomic E-state index is 9.15. The highest BCUT2D eigenvalue weighted by molar-refractivity contribution is 7.11. The summed E-state index contributed by atoms with van der Waals surface area (Å²) in [6.07, 6.45) is 0.0566. The number of hydrogen-bond donors (Lipinski definition) is 0. The second kappa shape index (κ2) is 5.47. The molecule has 0 amide bonds. The second-order valence-corrected chi connectivity index (χ2v) is 6.18. The van der Waals surface area contributed by atoms with Gasteiger partial charge < -0.3 is 9.64 Å². The number of hydrogen-bond acceptors (Lipinski definition) is 6. The quantitative estimate of drug-likeness (QED) is 0.854. The average Bonchev–Trinajstić information content (AvgIpc) is 3.08. The smallest absolute Gasteiger partial charge is 0.162 e. The summed E-state index contributed by atoms with van der Waals surface area (Å²) in [5.41, 5.74) is 0.471. The van der Waals surface area contributed by atoms with Crippen molar-refractivity contribution in [3.63, 3.8) is 0 Å². The van der Waals surface area contributed by atoms with E-state index in [1.54, 1.807) is 11.3 Å². The molecule has 2 aromatic heterocycles. The van der Waals surface area contributed by atoms with Gasteiger partial charge in [-0.1, -0.05) is 17.7 Å². The Morgan fingerprint density at radius 1 is 1.58 bits per heavy atom. The molecule has 0 radical (unpaired) electrons. The molecule has 0 saturated carbocycles. The number of rotatable bonds is 2. The van der Waals surface area contributed by atoms with Crippen LogP contribution in [0.25, 0.3) is 0 Å². The molecule has 1 aliphatic rings. The Balaban J connectivity index is 1.84. The summed E-state index contributed by atoms with van der Waals surface area (Å²) in [7, 11) is 0. The van der Waals surface area contributed by atoms with Crippen molar-refractivity contribution in [2.24, 2.45) is 0 Å². The number of ether oxygens (including phenoxy) is 1. The summed E-state index contributed by atoms with van der Waals surface area (Å²) < 4.78 is 9.85. The fraction of sp³-hybridized carbons (Fsp3) is 0.333. The highest BCUT2D eigenvalue weighted by atomic mass is 35.5. The minimum absolute atomic E-state index is 0.0566. The lowest BCUT2D eigenvalue weighted by atomic mass is 10.2. The van der Waals surface area contributed by atoms with Gasteiger partial charge in [-0.25, -0.2) is 0 Å². The molecule has 1 aliphatic heterocycles. The fourth-order valence-electron chi connectivity index (χ4n) is 2.05. The molecule has 0 N–H and O–H groups in total. The van der Waals surface area contributed by atoms with E-state index in [0.717, 1.165) is 18.1 Å². The highest BCUT2D eigenvalue weighted by Crippen LogP contribution is 2.35. The normalized spacial score (nSPS) is 19.4. The summed E-state index contributed by atoms with van der Waals surface area (Å²) in [5.74, 6) is 0. The van der Waals surface area contributed by atoms with E-state index in [0.29, 0.717) is 17.3 Å². The number of nitrogens with zero attached hydrogens (tertiary/aromatic N) is 3. The molecule has 1 fully saturated rings. The van der Waals surface area contributed by atoms with Gasteiger partial charge in [0.05, 0.1) is 13.2 Å². The molecule has 4 nitrogen and oxygen atoms in total. The number of thiophene rings is 1. The van der Waals surface area contributed by atoms with Crippen LogP contribution in [0.2, 0.25) is 5.15 Å². The Hall–Kier alpha value is -1.13. The Bertz CT molecular complexity index is 605. The predicted octanol–water partition coefficient (Wildman–Crippen LogP) is 3.31. The van der Waals surface area contributed by atoms with E-state index in [1.165, 1.54) is 16.4 Å². The average molecular weight is 312 g/mol. The van der Waals surface area contributed by atoms with Crippen molar-refractivity contribution in [1.82, 2.24) is 4.37 Å². The van der Waals surface area contributed by atoms with Crippen molar-refractivity contribution in [3.8, 4) is 6.07 Å². The predicted molar refractivity (Wildman–Crippen MR) is 77.1 cm³/mol.